The Kier molecular flexibility index (Phi) is 7.25. The molecule has 1 fully saturated rings. The zero-order valence-corrected chi connectivity index (χ0v) is 19.1. The van der Waals surface area contributed by atoms with Gasteiger partial charge in [-0.15, -0.1) is 0 Å². The second-order valence-electron chi connectivity index (χ2n) is 7.91. The van der Waals surface area contributed by atoms with Gasteiger partial charge in [-0.25, -0.2) is 9.18 Å². The van der Waals surface area contributed by atoms with Gasteiger partial charge < -0.3 is 28.7 Å². The van der Waals surface area contributed by atoms with Crippen LogP contribution < -0.4 is 9.47 Å². The molecular formula is C24H24FN3O7. The summed E-state index contributed by atoms with van der Waals surface area (Å²) in [6, 6.07) is 10.0. The van der Waals surface area contributed by atoms with Crippen LogP contribution in [0.2, 0.25) is 0 Å². The average Bonchev–Trinajstić information content (AvgIpc) is 3.50. The minimum absolute atomic E-state index is 0.0164. The normalized spacial score (nSPS) is 17.3. The van der Waals surface area contributed by atoms with Crippen molar-refractivity contribution < 1.29 is 37.8 Å². The summed E-state index contributed by atoms with van der Waals surface area (Å²) < 4.78 is 34.9. The van der Waals surface area contributed by atoms with Gasteiger partial charge in [0.15, 0.2) is 18.1 Å². The second kappa shape index (κ2) is 10.5. The molecule has 2 unspecified atom stereocenters. The number of aliphatic hydroxyl groups is 1. The first kappa shape index (κ1) is 24.1. The zero-order valence-electron chi connectivity index (χ0n) is 19.1. The highest BCUT2D eigenvalue weighted by atomic mass is 19.1. The molecule has 1 saturated heterocycles. The summed E-state index contributed by atoms with van der Waals surface area (Å²) >= 11 is 0. The highest BCUT2D eigenvalue weighted by molar-refractivity contribution is 5.86. The van der Waals surface area contributed by atoms with Crippen LogP contribution in [0.1, 0.15) is 17.9 Å². The van der Waals surface area contributed by atoms with E-state index in [0.717, 1.165) is 0 Å². The maximum Gasteiger partial charge on any atom is 0.329 e. The van der Waals surface area contributed by atoms with Crippen molar-refractivity contribution in [3.8, 4) is 22.9 Å². The van der Waals surface area contributed by atoms with Crippen LogP contribution in [0.4, 0.5) is 4.39 Å². The van der Waals surface area contributed by atoms with Crippen LogP contribution in [0.5, 0.6) is 11.5 Å². The van der Waals surface area contributed by atoms with Crippen molar-refractivity contribution in [2.45, 2.75) is 31.6 Å². The van der Waals surface area contributed by atoms with Gasteiger partial charge in [-0.1, -0.05) is 23.4 Å². The number of esters is 1. The third-order valence-electron chi connectivity index (χ3n) is 5.62. The summed E-state index contributed by atoms with van der Waals surface area (Å²) in [5, 5.41) is 13.9. The molecule has 0 radical (unpaired) electrons. The van der Waals surface area contributed by atoms with Gasteiger partial charge in [-0.05, 0) is 29.8 Å². The van der Waals surface area contributed by atoms with Crippen molar-refractivity contribution in [3.63, 3.8) is 0 Å². The van der Waals surface area contributed by atoms with Gasteiger partial charge in [-0.2, -0.15) is 4.98 Å². The molecule has 0 saturated carbocycles. The van der Waals surface area contributed by atoms with Gasteiger partial charge in [0.05, 0.1) is 26.7 Å². The summed E-state index contributed by atoms with van der Waals surface area (Å²) in [5.74, 6) is -0.386. The van der Waals surface area contributed by atoms with Crippen LogP contribution in [0.15, 0.2) is 47.0 Å². The number of aromatic nitrogens is 2. The lowest BCUT2D eigenvalue weighted by Crippen LogP contribution is -2.42. The Hall–Kier alpha value is -3.99. The fraction of sp³-hybridized carbons (Fsp3) is 0.333. The van der Waals surface area contributed by atoms with E-state index in [1.165, 1.54) is 37.3 Å². The molecule has 10 nitrogen and oxygen atoms in total. The van der Waals surface area contributed by atoms with Crippen LogP contribution in [0.3, 0.4) is 0 Å². The second-order valence-corrected chi connectivity index (χ2v) is 7.91. The molecule has 0 spiro atoms. The highest BCUT2D eigenvalue weighted by Crippen LogP contribution is 2.31. The minimum Gasteiger partial charge on any atom is -0.493 e. The summed E-state index contributed by atoms with van der Waals surface area (Å²) in [7, 11) is 3.03. The molecular weight excluding hydrogens is 461 g/mol. The number of rotatable bonds is 8. The Labute approximate surface area is 200 Å². The number of halogens is 1. The monoisotopic (exact) mass is 485 g/mol. The Morgan fingerprint density at radius 1 is 1.17 bits per heavy atom. The molecule has 0 aliphatic carbocycles. The van der Waals surface area contributed by atoms with E-state index < -0.39 is 29.8 Å². The molecule has 2 atom stereocenters. The third-order valence-corrected chi connectivity index (χ3v) is 5.62. The lowest BCUT2D eigenvalue weighted by molar-refractivity contribution is -0.155. The van der Waals surface area contributed by atoms with E-state index in [2.05, 4.69) is 10.1 Å². The van der Waals surface area contributed by atoms with E-state index >= 15 is 0 Å². The lowest BCUT2D eigenvalue weighted by atomic mass is 10.1. The average molecular weight is 485 g/mol. The number of hydrogen-bond acceptors (Lipinski definition) is 9. The number of amides is 1. The van der Waals surface area contributed by atoms with E-state index in [0.29, 0.717) is 17.1 Å². The first-order valence-corrected chi connectivity index (χ1v) is 10.8. The van der Waals surface area contributed by atoms with Gasteiger partial charge >= 0.3 is 5.97 Å². The first-order chi connectivity index (χ1) is 16.9. The van der Waals surface area contributed by atoms with Crippen LogP contribution >= 0.6 is 0 Å². The Morgan fingerprint density at radius 2 is 1.94 bits per heavy atom. The van der Waals surface area contributed by atoms with E-state index in [1.54, 1.807) is 24.3 Å². The minimum atomic E-state index is -1.00. The van der Waals surface area contributed by atoms with Crippen molar-refractivity contribution in [2.75, 3.05) is 20.8 Å². The predicted molar refractivity (Wildman–Crippen MR) is 119 cm³/mol. The van der Waals surface area contributed by atoms with Crippen LogP contribution in [0.25, 0.3) is 11.4 Å². The summed E-state index contributed by atoms with van der Waals surface area (Å²) in [6.07, 6.45) is -1.11. The summed E-state index contributed by atoms with van der Waals surface area (Å²) in [4.78, 5) is 30.9. The van der Waals surface area contributed by atoms with E-state index in [9.17, 15) is 19.1 Å². The Balaban J connectivity index is 1.39. The van der Waals surface area contributed by atoms with Crippen LogP contribution in [-0.4, -0.2) is 64.9 Å². The number of hydrogen-bond donors (Lipinski definition) is 1. The fourth-order valence-corrected chi connectivity index (χ4v) is 3.85. The molecule has 1 aromatic heterocycles. The van der Waals surface area contributed by atoms with E-state index in [4.69, 9.17) is 18.7 Å². The lowest BCUT2D eigenvalue weighted by Gasteiger charge is -2.23. The van der Waals surface area contributed by atoms with Crippen LogP contribution in [0, 0.1) is 5.82 Å². The van der Waals surface area contributed by atoms with Gasteiger partial charge in [0.25, 0.3) is 5.89 Å². The molecule has 1 aliphatic heterocycles. The molecule has 4 rings (SSSR count). The predicted octanol–water partition coefficient (Wildman–Crippen LogP) is 2.14. The number of ether oxygens (including phenoxy) is 3. The zero-order chi connectivity index (χ0) is 24.9. The molecule has 35 heavy (non-hydrogen) atoms. The molecule has 11 heteroatoms. The maximum atomic E-state index is 13.9. The van der Waals surface area contributed by atoms with Gasteiger partial charge in [-0.3, -0.25) is 4.79 Å². The van der Waals surface area contributed by atoms with E-state index in [-0.39, 0.29) is 43.3 Å². The molecule has 184 valence electrons. The van der Waals surface area contributed by atoms with Gasteiger partial charge in [0.2, 0.25) is 11.7 Å². The number of carbonyl (C=O) groups is 2. The number of aliphatic hydroxyl groups excluding tert-OH is 1. The summed E-state index contributed by atoms with van der Waals surface area (Å²) in [6.45, 7) is -0.363. The van der Waals surface area contributed by atoms with E-state index in [1.807, 2.05) is 0 Å². The number of β-amino-alcohol motifs (C(OH)–C–C–N with tert-alkyl or cyclic N) is 1. The molecule has 0 bridgehead atoms. The molecule has 1 N–H and O–H groups in total. The van der Waals surface area contributed by atoms with Crippen molar-refractivity contribution in [3.05, 3.63) is 59.7 Å². The highest BCUT2D eigenvalue weighted by Gasteiger charge is 2.40. The quantitative estimate of drug-likeness (QED) is 0.478. The Bertz CT molecular complexity index is 1220. The summed E-state index contributed by atoms with van der Waals surface area (Å²) in [5.41, 5.74) is 0.812. The van der Waals surface area contributed by atoms with Crippen LogP contribution in [-0.2, 0) is 27.4 Å². The maximum absolute atomic E-state index is 13.9. The van der Waals surface area contributed by atoms with Gasteiger partial charge in [0.1, 0.15) is 11.9 Å². The number of methoxy groups -OCH3 is 2. The number of nitrogens with zero attached hydrogens (tertiary/aromatic N) is 3. The van der Waals surface area contributed by atoms with Crippen molar-refractivity contribution in [2.24, 2.45) is 0 Å². The van der Waals surface area contributed by atoms with Crippen molar-refractivity contribution >= 4 is 11.9 Å². The number of benzene rings is 2. The van der Waals surface area contributed by atoms with Gasteiger partial charge in [0, 0.05) is 18.5 Å². The fourth-order valence-electron chi connectivity index (χ4n) is 3.85. The third kappa shape index (κ3) is 5.40. The topological polar surface area (TPSA) is 124 Å². The smallest absolute Gasteiger partial charge is 0.329 e. The molecule has 2 aromatic carbocycles. The molecule has 2 heterocycles. The Morgan fingerprint density at radius 3 is 2.69 bits per heavy atom. The molecule has 1 amide bonds. The largest absolute Gasteiger partial charge is 0.493 e. The first-order valence-electron chi connectivity index (χ1n) is 10.8. The van der Waals surface area contributed by atoms with Crippen molar-refractivity contribution in [1.82, 2.24) is 15.0 Å². The number of likely N-dealkylation sites (tertiary alicyclic amines) is 1. The molecule has 3 aromatic rings. The molecule has 1 aliphatic rings. The number of carbonyl (C=O) groups excluding carboxylic acids is 2. The van der Waals surface area contributed by atoms with Crippen molar-refractivity contribution in [1.29, 1.82) is 0 Å². The SMILES string of the molecule is COc1ccc(-c2noc(COC(=O)C3CC(O)CN3C(=O)Cc3ccccc3F)n2)cc1OC. The standard InChI is InChI=1S/C24H24FN3O7/c1-32-19-8-7-15(9-20(19)33-2)23-26-21(35-27-23)13-34-24(31)18-11-16(29)12-28(18)22(30)10-14-5-3-4-6-17(14)25/h3-9,16,18,29H,10-13H2,1-2H3.